The molecule has 0 bridgehead atoms. The molecule has 0 aliphatic carbocycles. The second kappa shape index (κ2) is 7.98. The quantitative estimate of drug-likeness (QED) is 0.453. The lowest BCUT2D eigenvalue weighted by molar-refractivity contribution is 0.0978. The van der Waals surface area contributed by atoms with Crippen molar-refractivity contribution in [3.8, 4) is 11.5 Å². The van der Waals surface area contributed by atoms with Crippen LogP contribution in [0.5, 0.6) is 0 Å². The average molecular weight is 423 g/mol. The predicted octanol–water partition coefficient (Wildman–Crippen LogP) is 4.98. The molecule has 4 rings (SSSR count). The van der Waals surface area contributed by atoms with Gasteiger partial charge in [0, 0.05) is 17.4 Å². The first-order valence-electron chi connectivity index (χ1n) is 8.71. The number of halogens is 1. The summed E-state index contributed by atoms with van der Waals surface area (Å²) in [6.07, 6.45) is 1.67. The van der Waals surface area contributed by atoms with E-state index < -0.39 is 0 Å². The van der Waals surface area contributed by atoms with E-state index in [1.54, 1.807) is 36.5 Å². The third kappa shape index (κ3) is 4.11. The summed E-state index contributed by atoms with van der Waals surface area (Å²) in [5.41, 5.74) is 4.03. The maximum absolute atomic E-state index is 12.3. The van der Waals surface area contributed by atoms with E-state index in [0.29, 0.717) is 27.7 Å². The van der Waals surface area contributed by atoms with Crippen LogP contribution >= 0.6 is 23.8 Å². The van der Waals surface area contributed by atoms with E-state index in [-0.39, 0.29) is 11.0 Å². The minimum absolute atomic E-state index is 0.178. The van der Waals surface area contributed by atoms with Gasteiger partial charge in [0.15, 0.2) is 16.3 Å². The summed E-state index contributed by atoms with van der Waals surface area (Å²) in [5, 5.41) is 6.20. The number of carbonyl (C=O) groups is 1. The number of pyridine rings is 1. The van der Waals surface area contributed by atoms with Crippen molar-refractivity contribution >= 4 is 51.8 Å². The van der Waals surface area contributed by atoms with Crippen LogP contribution in [0.15, 0.2) is 65.2 Å². The molecule has 144 valence electrons. The lowest BCUT2D eigenvalue weighted by Crippen LogP contribution is -2.34. The molecular weight excluding hydrogens is 408 g/mol. The van der Waals surface area contributed by atoms with E-state index in [2.05, 4.69) is 20.6 Å². The Hall–Kier alpha value is -3.29. The molecule has 8 heteroatoms. The fourth-order valence-corrected chi connectivity index (χ4v) is 3.22. The Balaban J connectivity index is 1.49. The number of fused-ring (bicyclic) bond motifs is 1. The van der Waals surface area contributed by atoms with Crippen LogP contribution in [-0.2, 0) is 0 Å². The summed E-state index contributed by atoms with van der Waals surface area (Å²) < 4.78 is 5.75. The van der Waals surface area contributed by atoms with Crippen LogP contribution in [0.25, 0.3) is 22.7 Å². The summed E-state index contributed by atoms with van der Waals surface area (Å²) in [7, 11) is 0. The van der Waals surface area contributed by atoms with E-state index in [0.717, 1.165) is 16.8 Å². The maximum Gasteiger partial charge on any atom is 0.258 e. The molecule has 0 atom stereocenters. The summed E-state index contributed by atoms with van der Waals surface area (Å²) in [4.78, 5) is 20.9. The summed E-state index contributed by atoms with van der Waals surface area (Å²) in [6, 6.07) is 16.0. The second-order valence-electron chi connectivity index (χ2n) is 6.26. The number of rotatable bonds is 3. The van der Waals surface area contributed by atoms with Gasteiger partial charge in [-0.3, -0.25) is 10.1 Å². The van der Waals surface area contributed by atoms with Crippen molar-refractivity contribution in [2.24, 2.45) is 0 Å². The van der Waals surface area contributed by atoms with E-state index in [1.165, 1.54) is 0 Å². The number of benzene rings is 2. The van der Waals surface area contributed by atoms with Gasteiger partial charge in [0.2, 0.25) is 5.89 Å². The number of oxazole rings is 1. The number of nitrogens with one attached hydrogen (secondary N) is 2. The highest BCUT2D eigenvalue weighted by Crippen LogP contribution is 2.26. The first-order chi connectivity index (χ1) is 14.0. The Labute approximate surface area is 176 Å². The van der Waals surface area contributed by atoms with Crippen molar-refractivity contribution in [1.29, 1.82) is 0 Å². The minimum atomic E-state index is -0.374. The fourth-order valence-electron chi connectivity index (χ4n) is 2.80. The van der Waals surface area contributed by atoms with Crippen molar-refractivity contribution < 1.29 is 9.21 Å². The third-order valence-corrected chi connectivity index (χ3v) is 4.77. The summed E-state index contributed by atoms with van der Waals surface area (Å²) in [6.45, 7) is 1.92. The molecule has 2 aromatic heterocycles. The first kappa shape index (κ1) is 19.0. The van der Waals surface area contributed by atoms with Gasteiger partial charge in [-0.05, 0) is 67.2 Å². The number of hydrogen-bond donors (Lipinski definition) is 2. The summed E-state index contributed by atoms with van der Waals surface area (Å²) in [5.74, 6) is 0.115. The van der Waals surface area contributed by atoms with Crippen LogP contribution in [0.3, 0.4) is 0 Å². The number of hydrogen-bond acceptors (Lipinski definition) is 5. The molecule has 0 saturated heterocycles. The molecule has 2 heterocycles. The van der Waals surface area contributed by atoms with E-state index >= 15 is 0 Å². The first-order valence-corrected chi connectivity index (χ1v) is 9.49. The van der Waals surface area contributed by atoms with Gasteiger partial charge in [-0.25, -0.2) is 4.98 Å². The highest BCUT2D eigenvalue weighted by atomic mass is 35.5. The van der Waals surface area contributed by atoms with Crippen molar-refractivity contribution in [3.05, 3.63) is 76.9 Å². The van der Waals surface area contributed by atoms with Crippen molar-refractivity contribution in [1.82, 2.24) is 15.3 Å². The topological polar surface area (TPSA) is 80.1 Å². The van der Waals surface area contributed by atoms with Crippen molar-refractivity contribution in [2.75, 3.05) is 5.32 Å². The average Bonchev–Trinajstić information content (AvgIpc) is 3.14. The van der Waals surface area contributed by atoms with Crippen LogP contribution in [0.2, 0.25) is 5.02 Å². The van der Waals surface area contributed by atoms with Gasteiger partial charge in [0.25, 0.3) is 5.91 Å². The number of anilines is 1. The van der Waals surface area contributed by atoms with Crippen molar-refractivity contribution in [2.45, 2.75) is 6.92 Å². The molecule has 0 fully saturated rings. The second-order valence-corrected chi connectivity index (χ2v) is 7.08. The Morgan fingerprint density at radius 3 is 2.72 bits per heavy atom. The van der Waals surface area contributed by atoms with Gasteiger partial charge in [-0.15, -0.1) is 0 Å². The van der Waals surface area contributed by atoms with Crippen LogP contribution in [-0.4, -0.2) is 21.0 Å². The molecular formula is C21H15ClN4O2S. The molecule has 0 aliphatic rings. The number of amides is 1. The Kier molecular flexibility index (Phi) is 5.24. The monoisotopic (exact) mass is 422 g/mol. The molecule has 2 N–H and O–H groups in total. The number of carbonyl (C=O) groups excluding carboxylic acids is 1. The number of aryl methyl sites for hydroxylation is 1. The predicted molar refractivity (Wildman–Crippen MR) is 117 cm³/mol. The number of thiocarbonyl (C=S) groups is 1. The standard InChI is InChI=1S/C21H15ClN4O2S/c1-12-11-13(20-25-18-17(28-20)7-4-10-23-18)8-9-16(12)24-21(29)26-19(27)14-5-2-3-6-15(14)22/h2-11H,1H3,(H2,24,26,27,29). The SMILES string of the molecule is Cc1cc(-c2nc3ncccc3o2)ccc1NC(=S)NC(=O)c1ccccc1Cl. The molecule has 6 nitrogen and oxygen atoms in total. The van der Waals surface area contributed by atoms with Crippen molar-refractivity contribution in [3.63, 3.8) is 0 Å². The lowest BCUT2D eigenvalue weighted by atomic mass is 10.1. The fraction of sp³-hybridized carbons (Fsp3) is 0.0476. The van der Waals surface area contributed by atoms with Gasteiger partial charge in [0.1, 0.15) is 0 Å². The summed E-state index contributed by atoms with van der Waals surface area (Å²) >= 11 is 11.3. The zero-order chi connectivity index (χ0) is 20.4. The molecule has 0 radical (unpaired) electrons. The van der Waals surface area contributed by atoms with Gasteiger partial charge < -0.3 is 9.73 Å². The third-order valence-electron chi connectivity index (χ3n) is 4.23. The number of nitrogens with zero attached hydrogens (tertiary/aromatic N) is 2. The highest BCUT2D eigenvalue weighted by molar-refractivity contribution is 7.80. The van der Waals surface area contributed by atoms with E-state index in [1.807, 2.05) is 31.2 Å². The molecule has 1 amide bonds. The molecule has 2 aromatic carbocycles. The van der Waals surface area contributed by atoms with Gasteiger partial charge in [-0.1, -0.05) is 23.7 Å². The molecule has 0 spiro atoms. The maximum atomic E-state index is 12.3. The normalized spacial score (nSPS) is 10.7. The van der Waals surface area contributed by atoms with Crippen LogP contribution in [0.4, 0.5) is 5.69 Å². The van der Waals surface area contributed by atoms with Crippen LogP contribution in [0.1, 0.15) is 15.9 Å². The molecule has 29 heavy (non-hydrogen) atoms. The number of aromatic nitrogens is 2. The van der Waals surface area contributed by atoms with Crippen LogP contribution in [0, 0.1) is 6.92 Å². The highest BCUT2D eigenvalue weighted by Gasteiger charge is 2.13. The zero-order valence-corrected chi connectivity index (χ0v) is 16.8. The zero-order valence-electron chi connectivity index (χ0n) is 15.3. The Morgan fingerprint density at radius 1 is 1.14 bits per heavy atom. The van der Waals surface area contributed by atoms with Gasteiger partial charge in [0.05, 0.1) is 10.6 Å². The molecule has 0 unspecified atom stereocenters. The van der Waals surface area contributed by atoms with Gasteiger partial charge in [-0.2, -0.15) is 4.98 Å². The minimum Gasteiger partial charge on any atom is -0.434 e. The Morgan fingerprint density at radius 2 is 1.97 bits per heavy atom. The largest absolute Gasteiger partial charge is 0.434 e. The van der Waals surface area contributed by atoms with E-state index in [9.17, 15) is 4.79 Å². The van der Waals surface area contributed by atoms with Gasteiger partial charge >= 0.3 is 0 Å². The van der Waals surface area contributed by atoms with E-state index in [4.69, 9.17) is 28.2 Å². The van der Waals surface area contributed by atoms with Crippen LogP contribution < -0.4 is 10.6 Å². The Bertz CT molecular complexity index is 1210. The lowest BCUT2D eigenvalue weighted by Gasteiger charge is -2.12. The smallest absolute Gasteiger partial charge is 0.258 e. The molecule has 4 aromatic rings. The molecule has 0 aliphatic heterocycles. The molecule has 0 saturated carbocycles.